The van der Waals surface area contributed by atoms with Crippen LogP contribution in [0.15, 0.2) is 24.3 Å². The van der Waals surface area contributed by atoms with Crippen LogP contribution in [0.3, 0.4) is 0 Å². The second kappa shape index (κ2) is 5.56. The Hall–Kier alpha value is -2.30. The molecule has 0 aliphatic carbocycles. The van der Waals surface area contributed by atoms with Crippen molar-refractivity contribution in [2.45, 2.75) is 20.8 Å². The topological polar surface area (TPSA) is 69.8 Å². The number of anilines is 2. The third kappa shape index (κ3) is 2.93. The van der Waals surface area contributed by atoms with E-state index in [1.165, 1.54) is 0 Å². The molecule has 1 heterocycles. The molecule has 2 aromatic rings. The Kier molecular flexibility index (Phi) is 3.85. The summed E-state index contributed by atoms with van der Waals surface area (Å²) in [5, 5.41) is 13.0. The van der Waals surface area contributed by atoms with Gasteiger partial charge in [-0.05, 0) is 45.0 Å². The second-order valence-electron chi connectivity index (χ2n) is 4.37. The van der Waals surface area contributed by atoms with Gasteiger partial charge in [0.15, 0.2) is 0 Å². The zero-order chi connectivity index (χ0) is 13.8. The van der Waals surface area contributed by atoms with Crippen LogP contribution in [0.5, 0.6) is 0 Å². The van der Waals surface area contributed by atoms with Crippen molar-refractivity contribution in [2.75, 3.05) is 17.2 Å². The van der Waals surface area contributed by atoms with Crippen molar-refractivity contribution >= 4 is 17.3 Å². The van der Waals surface area contributed by atoms with E-state index < -0.39 is 0 Å². The van der Waals surface area contributed by atoms with E-state index in [4.69, 9.17) is 0 Å². The zero-order valence-corrected chi connectivity index (χ0v) is 11.4. The molecule has 0 unspecified atom stereocenters. The average molecular weight is 258 g/mol. The van der Waals surface area contributed by atoms with Gasteiger partial charge in [0, 0.05) is 17.8 Å². The van der Waals surface area contributed by atoms with E-state index in [-0.39, 0.29) is 5.91 Å². The highest BCUT2D eigenvalue weighted by Crippen LogP contribution is 2.18. The van der Waals surface area contributed by atoms with Crippen molar-refractivity contribution in [2.24, 2.45) is 0 Å². The van der Waals surface area contributed by atoms with Crippen LogP contribution in [0.1, 0.15) is 28.7 Å². The Morgan fingerprint density at radius 1 is 1.26 bits per heavy atom. The summed E-state index contributed by atoms with van der Waals surface area (Å²) < 4.78 is 0. The third-order valence-electron chi connectivity index (χ3n) is 2.89. The van der Waals surface area contributed by atoms with Crippen LogP contribution in [0, 0.1) is 13.8 Å². The van der Waals surface area contributed by atoms with Gasteiger partial charge in [-0.25, -0.2) is 0 Å². The Morgan fingerprint density at radius 3 is 2.47 bits per heavy atom. The number of nitrogens with zero attached hydrogens (tertiary/aromatic N) is 1. The minimum Gasteiger partial charge on any atom is -0.385 e. The zero-order valence-electron chi connectivity index (χ0n) is 11.4. The molecule has 100 valence electrons. The number of hydrogen-bond donors (Lipinski definition) is 3. The van der Waals surface area contributed by atoms with Crippen LogP contribution in [0.25, 0.3) is 0 Å². The molecule has 2 rings (SSSR count). The van der Waals surface area contributed by atoms with Gasteiger partial charge in [-0.3, -0.25) is 9.89 Å². The summed E-state index contributed by atoms with van der Waals surface area (Å²) in [6.45, 7) is 6.63. The number of carbonyl (C=O) groups is 1. The first-order chi connectivity index (χ1) is 9.11. The fraction of sp³-hybridized carbons (Fsp3) is 0.286. The number of aromatic nitrogens is 2. The van der Waals surface area contributed by atoms with E-state index in [1.807, 2.05) is 32.9 Å². The van der Waals surface area contributed by atoms with Crippen LogP contribution in [0.4, 0.5) is 11.4 Å². The second-order valence-corrected chi connectivity index (χ2v) is 4.37. The number of amides is 1. The Morgan fingerprint density at radius 2 is 1.95 bits per heavy atom. The van der Waals surface area contributed by atoms with E-state index in [9.17, 15) is 4.79 Å². The molecule has 0 aliphatic rings. The lowest BCUT2D eigenvalue weighted by Gasteiger charge is -2.07. The molecule has 5 heteroatoms. The van der Waals surface area contributed by atoms with Crippen molar-refractivity contribution < 1.29 is 4.79 Å². The van der Waals surface area contributed by atoms with E-state index in [0.717, 1.165) is 29.3 Å². The lowest BCUT2D eigenvalue weighted by molar-refractivity contribution is 0.102. The summed E-state index contributed by atoms with van der Waals surface area (Å²) >= 11 is 0. The highest BCUT2D eigenvalue weighted by molar-refractivity contribution is 6.05. The Balaban J connectivity index is 2.12. The van der Waals surface area contributed by atoms with Gasteiger partial charge in [0.25, 0.3) is 5.91 Å². The first-order valence-electron chi connectivity index (χ1n) is 6.28. The molecule has 5 nitrogen and oxygen atoms in total. The highest BCUT2D eigenvalue weighted by Gasteiger charge is 2.11. The van der Waals surface area contributed by atoms with E-state index in [0.29, 0.717) is 5.56 Å². The SMILES string of the molecule is CCNc1ccc(C(=O)Nc2c(C)n[nH]c2C)cc1. The van der Waals surface area contributed by atoms with Crippen molar-refractivity contribution in [3.05, 3.63) is 41.2 Å². The predicted molar refractivity (Wildman–Crippen MR) is 76.6 cm³/mol. The number of aryl methyl sites for hydroxylation is 2. The van der Waals surface area contributed by atoms with Crippen molar-refractivity contribution in [1.29, 1.82) is 0 Å². The number of nitrogens with one attached hydrogen (secondary N) is 3. The number of benzene rings is 1. The molecule has 3 N–H and O–H groups in total. The number of carbonyl (C=O) groups excluding carboxylic acids is 1. The molecule has 0 spiro atoms. The van der Waals surface area contributed by atoms with Crippen LogP contribution < -0.4 is 10.6 Å². The van der Waals surface area contributed by atoms with Gasteiger partial charge in [-0.1, -0.05) is 0 Å². The fourth-order valence-corrected chi connectivity index (χ4v) is 1.86. The average Bonchev–Trinajstić information content (AvgIpc) is 2.72. The largest absolute Gasteiger partial charge is 0.385 e. The van der Waals surface area contributed by atoms with Gasteiger partial charge in [0.1, 0.15) is 0 Å². The van der Waals surface area contributed by atoms with Crippen molar-refractivity contribution in [3.8, 4) is 0 Å². The Bertz CT molecular complexity index is 552. The molecule has 0 saturated carbocycles. The van der Waals surface area contributed by atoms with Crippen LogP contribution in [-0.2, 0) is 0 Å². The molecule has 1 aromatic heterocycles. The van der Waals surface area contributed by atoms with Gasteiger partial charge in [0.05, 0.1) is 17.1 Å². The maximum absolute atomic E-state index is 12.1. The number of hydrogen-bond acceptors (Lipinski definition) is 3. The van der Waals surface area contributed by atoms with Gasteiger partial charge >= 0.3 is 0 Å². The van der Waals surface area contributed by atoms with Gasteiger partial charge in [0.2, 0.25) is 0 Å². The molecule has 0 atom stereocenters. The van der Waals surface area contributed by atoms with Gasteiger partial charge in [-0.2, -0.15) is 5.10 Å². The highest BCUT2D eigenvalue weighted by atomic mass is 16.1. The van der Waals surface area contributed by atoms with Crippen LogP contribution >= 0.6 is 0 Å². The van der Waals surface area contributed by atoms with Gasteiger partial charge in [-0.15, -0.1) is 0 Å². The predicted octanol–water partition coefficient (Wildman–Crippen LogP) is 2.71. The number of aromatic amines is 1. The minimum absolute atomic E-state index is 0.129. The van der Waals surface area contributed by atoms with E-state index >= 15 is 0 Å². The van der Waals surface area contributed by atoms with Crippen molar-refractivity contribution in [3.63, 3.8) is 0 Å². The van der Waals surface area contributed by atoms with Crippen LogP contribution in [0.2, 0.25) is 0 Å². The first kappa shape index (κ1) is 13.1. The summed E-state index contributed by atoms with van der Waals surface area (Å²) in [6, 6.07) is 7.40. The molecule has 0 aliphatic heterocycles. The fourth-order valence-electron chi connectivity index (χ4n) is 1.86. The van der Waals surface area contributed by atoms with Crippen molar-refractivity contribution in [1.82, 2.24) is 10.2 Å². The molecule has 0 bridgehead atoms. The normalized spacial score (nSPS) is 10.3. The molecular weight excluding hydrogens is 240 g/mol. The molecule has 0 radical (unpaired) electrons. The molecule has 1 amide bonds. The lowest BCUT2D eigenvalue weighted by Crippen LogP contribution is -2.13. The summed E-state index contributed by atoms with van der Waals surface area (Å²) in [4.78, 5) is 12.1. The number of H-pyrrole nitrogens is 1. The first-order valence-corrected chi connectivity index (χ1v) is 6.28. The molecule has 19 heavy (non-hydrogen) atoms. The smallest absolute Gasteiger partial charge is 0.255 e. The third-order valence-corrected chi connectivity index (χ3v) is 2.89. The van der Waals surface area contributed by atoms with Gasteiger partial charge < -0.3 is 10.6 Å². The maximum atomic E-state index is 12.1. The quantitative estimate of drug-likeness (QED) is 0.789. The molecule has 0 saturated heterocycles. The summed E-state index contributed by atoms with van der Waals surface area (Å²) in [6.07, 6.45) is 0. The maximum Gasteiger partial charge on any atom is 0.255 e. The molecule has 0 fully saturated rings. The summed E-state index contributed by atoms with van der Waals surface area (Å²) in [5.41, 5.74) is 4.03. The Labute approximate surface area is 112 Å². The van der Waals surface area contributed by atoms with E-state index in [1.54, 1.807) is 12.1 Å². The monoisotopic (exact) mass is 258 g/mol. The standard InChI is InChI=1S/C14H18N4O/c1-4-15-12-7-5-11(6-8-12)14(19)16-13-9(2)17-18-10(13)3/h5-8,15H,4H2,1-3H3,(H,16,19)(H,17,18). The minimum atomic E-state index is -0.129. The summed E-state index contributed by atoms with van der Waals surface area (Å²) in [5.74, 6) is -0.129. The molecule has 1 aromatic carbocycles. The molecular formula is C14H18N4O. The summed E-state index contributed by atoms with van der Waals surface area (Å²) in [7, 11) is 0. The number of rotatable bonds is 4. The van der Waals surface area contributed by atoms with E-state index in [2.05, 4.69) is 20.8 Å². The lowest BCUT2D eigenvalue weighted by atomic mass is 10.2. The van der Waals surface area contributed by atoms with Crippen LogP contribution in [-0.4, -0.2) is 22.6 Å².